The fourth-order valence-electron chi connectivity index (χ4n) is 2.00. The van der Waals surface area contributed by atoms with Gasteiger partial charge in [-0.2, -0.15) is 0 Å². The van der Waals surface area contributed by atoms with E-state index in [2.05, 4.69) is 6.92 Å². The number of ether oxygens (including phenoxy) is 1. The number of hydrogen-bond donors (Lipinski definition) is 1. The molecular formula is C15H23Cl2NO. The Morgan fingerprint density at radius 2 is 1.84 bits per heavy atom. The largest absolute Gasteiger partial charge is 0.492 e. The predicted molar refractivity (Wildman–Crippen MR) is 83.5 cm³/mol. The van der Waals surface area contributed by atoms with Crippen molar-refractivity contribution in [1.82, 2.24) is 0 Å². The van der Waals surface area contributed by atoms with E-state index in [-0.39, 0.29) is 0 Å². The van der Waals surface area contributed by atoms with Crippen molar-refractivity contribution in [2.24, 2.45) is 5.73 Å². The number of hydrogen-bond acceptors (Lipinski definition) is 2. The maximum Gasteiger partial charge on any atom is 0.141 e. The van der Waals surface area contributed by atoms with Crippen LogP contribution >= 0.6 is 23.2 Å². The molecule has 108 valence electrons. The molecule has 0 fully saturated rings. The molecule has 0 bridgehead atoms. The zero-order chi connectivity index (χ0) is 14.1. The Morgan fingerprint density at radius 3 is 2.53 bits per heavy atom. The summed E-state index contributed by atoms with van der Waals surface area (Å²) in [6.45, 7) is 3.47. The third kappa shape index (κ3) is 6.03. The summed E-state index contributed by atoms with van der Waals surface area (Å²) in [4.78, 5) is 0. The average molecular weight is 304 g/mol. The van der Waals surface area contributed by atoms with E-state index in [1.165, 1.54) is 25.7 Å². The van der Waals surface area contributed by atoms with Crippen LogP contribution in [0.1, 0.15) is 44.6 Å². The molecule has 0 heterocycles. The van der Waals surface area contributed by atoms with E-state index in [0.29, 0.717) is 23.2 Å². The number of nitrogens with two attached hydrogens (primary N) is 1. The molecule has 4 heteroatoms. The highest BCUT2D eigenvalue weighted by Gasteiger charge is 2.10. The molecule has 0 saturated heterocycles. The van der Waals surface area contributed by atoms with Gasteiger partial charge >= 0.3 is 0 Å². The van der Waals surface area contributed by atoms with Gasteiger partial charge in [0.15, 0.2) is 0 Å². The number of benzene rings is 1. The summed E-state index contributed by atoms with van der Waals surface area (Å²) in [6, 6.07) is 3.60. The first kappa shape index (κ1) is 16.6. The second-order valence-electron chi connectivity index (χ2n) is 4.68. The standard InChI is InChI=1S/C15H23Cl2NO/c1-2-3-4-5-6-9-19-15-12(7-8-18)10-13(16)11-14(15)17/h10-11H,2-9,18H2,1H3. The lowest BCUT2D eigenvalue weighted by molar-refractivity contribution is 0.302. The van der Waals surface area contributed by atoms with Crippen molar-refractivity contribution in [1.29, 1.82) is 0 Å². The molecule has 1 aromatic rings. The normalized spacial score (nSPS) is 10.7. The Labute approximate surface area is 126 Å². The summed E-state index contributed by atoms with van der Waals surface area (Å²) < 4.78 is 5.81. The number of unbranched alkanes of at least 4 members (excludes halogenated alkanes) is 4. The van der Waals surface area contributed by atoms with E-state index >= 15 is 0 Å². The van der Waals surface area contributed by atoms with Crippen molar-refractivity contribution in [3.05, 3.63) is 27.7 Å². The minimum atomic E-state index is 0.559. The van der Waals surface area contributed by atoms with E-state index in [4.69, 9.17) is 33.7 Å². The summed E-state index contributed by atoms with van der Waals surface area (Å²) in [7, 11) is 0. The zero-order valence-corrected chi connectivity index (χ0v) is 13.1. The van der Waals surface area contributed by atoms with Crippen LogP contribution in [0.5, 0.6) is 5.75 Å². The van der Waals surface area contributed by atoms with Crippen molar-refractivity contribution >= 4 is 23.2 Å². The summed E-state index contributed by atoms with van der Waals surface area (Å²) in [5.74, 6) is 0.743. The SMILES string of the molecule is CCCCCCCOc1c(Cl)cc(Cl)cc1CCN. The van der Waals surface area contributed by atoms with Crippen LogP contribution in [0.3, 0.4) is 0 Å². The molecule has 1 rings (SSSR count). The van der Waals surface area contributed by atoms with Crippen LogP contribution in [0.2, 0.25) is 10.0 Å². The first-order chi connectivity index (χ1) is 9.19. The minimum Gasteiger partial charge on any atom is -0.492 e. The minimum absolute atomic E-state index is 0.559. The lowest BCUT2D eigenvalue weighted by atomic mass is 10.1. The molecule has 0 saturated carbocycles. The summed E-state index contributed by atoms with van der Waals surface area (Å²) >= 11 is 12.2. The van der Waals surface area contributed by atoms with Crippen LogP contribution in [0.25, 0.3) is 0 Å². The van der Waals surface area contributed by atoms with Crippen LogP contribution in [-0.4, -0.2) is 13.2 Å². The van der Waals surface area contributed by atoms with Crippen molar-refractivity contribution < 1.29 is 4.74 Å². The number of halogens is 2. The average Bonchev–Trinajstić information content (AvgIpc) is 2.36. The lowest BCUT2D eigenvalue weighted by Gasteiger charge is -2.13. The van der Waals surface area contributed by atoms with Gasteiger partial charge in [-0.05, 0) is 37.1 Å². The molecule has 19 heavy (non-hydrogen) atoms. The molecule has 2 N–H and O–H groups in total. The quantitative estimate of drug-likeness (QED) is 0.662. The van der Waals surface area contributed by atoms with E-state index in [1.54, 1.807) is 6.07 Å². The number of rotatable bonds is 9. The third-order valence-corrected chi connectivity index (χ3v) is 3.49. The maximum atomic E-state index is 6.18. The molecule has 0 radical (unpaired) electrons. The smallest absolute Gasteiger partial charge is 0.141 e. The molecular weight excluding hydrogens is 281 g/mol. The highest BCUT2D eigenvalue weighted by Crippen LogP contribution is 2.32. The lowest BCUT2D eigenvalue weighted by Crippen LogP contribution is -2.06. The summed E-state index contributed by atoms with van der Waals surface area (Å²) in [5.41, 5.74) is 6.59. The Bertz CT molecular complexity index is 383. The van der Waals surface area contributed by atoms with Gasteiger partial charge in [-0.15, -0.1) is 0 Å². The monoisotopic (exact) mass is 303 g/mol. The van der Waals surface area contributed by atoms with E-state index in [0.717, 1.165) is 24.2 Å². The third-order valence-electron chi connectivity index (χ3n) is 2.99. The van der Waals surface area contributed by atoms with Gasteiger partial charge in [0, 0.05) is 5.02 Å². The topological polar surface area (TPSA) is 35.2 Å². The Morgan fingerprint density at radius 1 is 1.11 bits per heavy atom. The molecule has 2 nitrogen and oxygen atoms in total. The Balaban J connectivity index is 2.51. The first-order valence-corrected chi connectivity index (χ1v) is 7.75. The van der Waals surface area contributed by atoms with Gasteiger partial charge in [0.1, 0.15) is 5.75 Å². The summed E-state index contributed by atoms with van der Waals surface area (Å²) in [5, 5.41) is 1.20. The van der Waals surface area contributed by atoms with Crippen molar-refractivity contribution in [3.8, 4) is 5.75 Å². The van der Waals surface area contributed by atoms with Crippen LogP contribution in [0.4, 0.5) is 0 Å². The molecule has 0 spiro atoms. The van der Waals surface area contributed by atoms with Gasteiger partial charge in [0.25, 0.3) is 0 Å². The van der Waals surface area contributed by atoms with Crippen molar-refractivity contribution in [3.63, 3.8) is 0 Å². The molecule has 0 amide bonds. The van der Waals surface area contributed by atoms with E-state index in [1.807, 2.05) is 6.07 Å². The Kier molecular flexibility index (Phi) is 8.27. The predicted octanol–water partition coefficient (Wildman–Crippen LogP) is 4.84. The van der Waals surface area contributed by atoms with Gasteiger partial charge in [-0.1, -0.05) is 55.8 Å². The molecule has 0 aliphatic carbocycles. The van der Waals surface area contributed by atoms with Gasteiger partial charge in [0.2, 0.25) is 0 Å². The molecule has 0 aromatic heterocycles. The van der Waals surface area contributed by atoms with Gasteiger partial charge in [0.05, 0.1) is 11.6 Å². The first-order valence-electron chi connectivity index (χ1n) is 6.99. The Hall–Kier alpha value is -0.440. The van der Waals surface area contributed by atoms with Crippen LogP contribution in [0, 0.1) is 0 Å². The molecule has 1 aromatic carbocycles. The molecule has 0 aliphatic heterocycles. The second kappa shape index (κ2) is 9.46. The van der Waals surface area contributed by atoms with Gasteiger partial charge in [-0.25, -0.2) is 0 Å². The van der Waals surface area contributed by atoms with Crippen LogP contribution in [0.15, 0.2) is 12.1 Å². The molecule has 0 aliphatic rings. The fourth-order valence-corrected chi connectivity index (χ4v) is 2.59. The van der Waals surface area contributed by atoms with Gasteiger partial charge < -0.3 is 10.5 Å². The zero-order valence-electron chi connectivity index (χ0n) is 11.6. The maximum absolute atomic E-state index is 6.18. The summed E-state index contributed by atoms with van der Waals surface area (Å²) in [6.07, 6.45) is 6.80. The van der Waals surface area contributed by atoms with Crippen LogP contribution < -0.4 is 10.5 Å². The van der Waals surface area contributed by atoms with Crippen LogP contribution in [-0.2, 0) is 6.42 Å². The van der Waals surface area contributed by atoms with Crippen molar-refractivity contribution in [2.45, 2.75) is 45.4 Å². The second-order valence-corrected chi connectivity index (χ2v) is 5.52. The highest BCUT2D eigenvalue weighted by molar-refractivity contribution is 6.35. The van der Waals surface area contributed by atoms with E-state index in [9.17, 15) is 0 Å². The van der Waals surface area contributed by atoms with E-state index < -0.39 is 0 Å². The molecule has 0 unspecified atom stereocenters. The highest BCUT2D eigenvalue weighted by atomic mass is 35.5. The fraction of sp³-hybridized carbons (Fsp3) is 0.600. The van der Waals surface area contributed by atoms with Gasteiger partial charge in [-0.3, -0.25) is 0 Å². The van der Waals surface area contributed by atoms with Crippen molar-refractivity contribution in [2.75, 3.05) is 13.2 Å². The molecule has 0 atom stereocenters.